The second kappa shape index (κ2) is 9.53. The van der Waals surface area contributed by atoms with Crippen LogP contribution < -0.4 is 14.8 Å². The second-order valence-corrected chi connectivity index (χ2v) is 13.6. The molecule has 0 fully saturated rings. The van der Waals surface area contributed by atoms with Gasteiger partial charge in [0.05, 0.1) is 22.8 Å². The summed E-state index contributed by atoms with van der Waals surface area (Å²) in [5.41, 5.74) is 3.11. The van der Waals surface area contributed by atoms with Crippen molar-refractivity contribution in [3.63, 3.8) is 0 Å². The van der Waals surface area contributed by atoms with Crippen molar-refractivity contribution < 1.29 is 23.0 Å². The fraction of sp³-hybridized carbons (Fsp3) is 0.320. The van der Waals surface area contributed by atoms with Crippen LogP contribution in [-0.4, -0.2) is 44.7 Å². The van der Waals surface area contributed by atoms with Crippen LogP contribution in [0.2, 0.25) is 0 Å². The van der Waals surface area contributed by atoms with E-state index in [1.165, 1.54) is 6.07 Å². The first-order valence-electron chi connectivity index (χ1n) is 11.4. The normalized spacial score (nSPS) is 18.0. The Morgan fingerprint density at radius 2 is 1.94 bits per heavy atom. The van der Waals surface area contributed by atoms with Crippen molar-refractivity contribution in [2.75, 3.05) is 18.3 Å². The molecule has 2 aliphatic heterocycles. The topological polar surface area (TPSA) is 76.6 Å². The fourth-order valence-corrected chi connectivity index (χ4v) is 7.09. The third kappa shape index (κ3) is 5.00. The first kappa shape index (κ1) is 24.8. The molecule has 0 aliphatic carbocycles. The highest BCUT2D eigenvalue weighted by Gasteiger charge is 2.43. The van der Waals surface area contributed by atoms with Crippen molar-refractivity contribution in [3.05, 3.63) is 71.2 Å². The number of carbonyl (C=O) groups is 1. The quantitative estimate of drug-likeness (QED) is 0.420. The number of fused-ring (bicyclic) bond motifs is 2. The standard InChI is InChI=1S/C25H26F2N4O3S2/c1-4-35-20-7-6-19(28-13-20)12-29-23(32)17-10-18-15-31(36(2,3)24(18)30-11-17)14-16-5-8-21-22(9-16)34-25(26,27)33-21/h5-11,13H,4,12,14-15H2,1-3H3,(H,29,32). The van der Waals surface area contributed by atoms with Gasteiger partial charge >= 0.3 is 6.29 Å². The summed E-state index contributed by atoms with van der Waals surface area (Å²) >= 11 is 1.72. The minimum absolute atomic E-state index is 0.0309. The maximum Gasteiger partial charge on any atom is 0.586 e. The van der Waals surface area contributed by atoms with Crippen molar-refractivity contribution >= 4 is 27.9 Å². The highest BCUT2D eigenvalue weighted by Crippen LogP contribution is 2.59. The van der Waals surface area contributed by atoms with Crippen LogP contribution in [0.1, 0.15) is 34.1 Å². The van der Waals surface area contributed by atoms with Gasteiger partial charge in [-0.25, -0.2) is 4.98 Å². The van der Waals surface area contributed by atoms with Crippen LogP contribution >= 0.6 is 22.0 Å². The molecule has 1 N–H and O–H groups in total. The largest absolute Gasteiger partial charge is 0.586 e. The summed E-state index contributed by atoms with van der Waals surface area (Å²) in [6.45, 7) is 3.56. The molecule has 2 aliphatic rings. The van der Waals surface area contributed by atoms with Crippen LogP contribution in [0.5, 0.6) is 11.5 Å². The molecule has 7 nitrogen and oxygen atoms in total. The Bertz CT molecular complexity index is 1300. The lowest BCUT2D eigenvalue weighted by atomic mass is 10.1. The molecule has 11 heteroatoms. The summed E-state index contributed by atoms with van der Waals surface area (Å²) in [5.74, 6) is 0.840. The van der Waals surface area contributed by atoms with Gasteiger partial charge in [-0.05, 0) is 59.7 Å². The Morgan fingerprint density at radius 1 is 1.14 bits per heavy atom. The van der Waals surface area contributed by atoms with Gasteiger partial charge in [0.15, 0.2) is 11.5 Å². The predicted octanol–water partition coefficient (Wildman–Crippen LogP) is 5.19. The number of halogens is 2. The minimum Gasteiger partial charge on any atom is -0.395 e. The number of carbonyl (C=O) groups excluding carboxylic acids is 1. The van der Waals surface area contributed by atoms with E-state index in [9.17, 15) is 13.6 Å². The van der Waals surface area contributed by atoms with E-state index in [1.54, 1.807) is 30.1 Å². The van der Waals surface area contributed by atoms with Crippen LogP contribution in [0.15, 0.2) is 58.7 Å². The zero-order valence-corrected chi connectivity index (χ0v) is 21.7. The number of thioether (sulfide) groups is 1. The Balaban J connectivity index is 1.25. The molecular formula is C25H26F2N4O3S2. The number of nitrogens with one attached hydrogen (secondary N) is 1. The number of hydrogen-bond donors (Lipinski definition) is 1. The number of benzene rings is 1. The van der Waals surface area contributed by atoms with Crippen molar-refractivity contribution in [2.45, 2.75) is 42.8 Å². The van der Waals surface area contributed by atoms with E-state index in [1.807, 2.05) is 24.4 Å². The summed E-state index contributed by atoms with van der Waals surface area (Å²) in [6, 6.07) is 10.7. The average molecular weight is 533 g/mol. The lowest BCUT2D eigenvalue weighted by Gasteiger charge is -2.36. The summed E-state index contributed by atoms with van der Waals surface area (Å²) in [5, 5.41) is 3.89. The number of alkyl halides is 2. The molecule has 4 heterocycles. The van der Waals surface area contributed by atoms with Gasteiger partial charge in [-0.2, -0.15) is 0 Å². The molecule has 36 heavy (non-hydrogen) atoms. The lowest BCUT2D eigenvalue weighted by Crippen LogP contribution is -2.25. The van der Waals surface area contributed by atoms with Gasteiger partial charge < -0.3 is 14.8 Å². The van der Waals surface area contributed by atoms with Crippen molar-refractivity contribution in [3.8, 4) is 11.5 Å². The molecular weight excluding hydrogens is 506 g/mol. The van der Waals surface area contributed by atoms with E-state index in [0.29, 0.717) is 25.2 Å². The third-order valence-corrected chi connectivity index (χ3v) is 9.74. The maximum absolute atomic E-state index is 13.4. The Hall–Kier alpha value is -2.89. The van der Waals surface area contributed by atoms with Gasteiger partial charge in [0, 0.05) is 30.4 Å². The molecule has 1 amide bonds. The number of hydrogen-bond acceptors (Lipinski definition) is 7. The zero-order valence-electron chi connectivity index (χ0n) is 20.1. The predicted molar refractivity (Wildman–Crippen MR) is 136 cm³/mol. The molecule has 2 aromatic heterocycles. The smallest absolute Gasteiger partial charge is 0.395 e. The molecule has 0 saturated carbocycles. The molecule has 1 aromatic carbocycles. The fourth-order valence-electron chi connectivity index (χ4n) is 4.21. The van der Waals surface area contributed by atoms with Gasteiger partial charge in [-0.3, -0.25) is 14.1 Å². The Morgan fingerprint density at radius 3 is 2.69 bits per heavy atom. The summed E-state index contributed by atoms with van der Waals surface area (Å²) < 4.78 is 38.1. The number of amides is 1. The summed E-state index contributed by atoms with van der Waals surface area (Å²) in [7, 11) is -1.43. The lowest BCUT2D eigenvalue weighted by molar-refractivity contribution is -0.286. The number of aromatic nitrogens is 2. The molecule has 5 rings (SSSR count). The molecule has 0 atom stereocenters. The van der Waals surface area contributed by atoms with E-state index in [4.69, 9.17) is 0 Å². The van der Waals surface area contributed by atoms with Crippen LogP contribution in [0, 0.1) is 0 Å². The van der Waals surface area contributed by atoms with Crippen LogP contribution in [0.3, 0.4) is 0 Å². The summed E-state index contributed by atoms with van der Waals surface area (Å²) in [4.78, 5) is 23.0. The summed E-state index contributed by atoms with van der Waals surface area (Å²) in [6.07, 6.45) is 4.07. The van der Waals surface area contributed by atoms with E-state index in [2.05, 4.69) is 48.5 Å². The minimum atomic E-state index is -3.64. The third-order valence-electron chi connectivity index (χ3n) is 6.02. The number of ether oxygens (including phenoxy) is 2. The van der Waals surface area contributed by atoms with E-state index in [-0.39, 0.29) is 17.4 Å². The molecule has 0 spiro atoms. The van der Waals surface area contributed by atoms with Gasteiger partial charge in [-0.15, -0.1) is 30.8 Å². The monoisotopic (exact) mass is 532 g/mol. The van der Waals surface area contributed by atoms with Crippen molar-refractivity contribution in [2.24, 2.45) is 0 Å². The molecule has 0 radical (unpaired) electrons. The maximum atomic E-state index is 13.4. The Labute approximate surface area is 214 Å². The molecule has 0 unspecified atom stereocenters. The van der Waals surface area contributed by atoms with Gasteiger partial charge in [0.25, 0.3) is 5.91 Å². The van der Waals surface area contributed by atoms with E-state index >= 15 is 0 Å². The number of pyridine rings is 2. The average Bonchev–Trinajstić information content (AvgIpc) is 3.28. The molecule has 0 bridgehead atoms. The number of rotatable bonds is 7. The van der Waals surface area contributed by atoms with Crippen LogP contribution in [0.4, 0.5) is 8.78 Å². The second-order valence-electron chi connectivity index (χ2n) is 8.81. The zero-order chi connectivity index (χ0) is 25.5. The van der Waals surface area contributed by atoms with Crippen molar-refractivity contribution in [1.82, 2.24) is 19.6 Å². The van der Waals surface area contributed by atoms with Crippen molar-refractivity contribution in [1.29, 1.82) is 0 Å². The Kier molecular flexibility index (Phi) is 6.56. The first-order valence-corrected chi connectivity index (χ1v) is 14.8. The molecule has 3 aromatic rings. The van der Waals surface area contributed by atoms with E-state index < -0.39 is 16.5 Å². The highest BCUT2D eigenvalue weighted by molar-refractivity contribution is 8.30. The molecule has 190 valence electrons. The van der Waals surface area contributed by atoms with Gasteiger partial charge in [-0.1, -0.05) is 13.0 Å². The SMILES string of the molecule is CCSc1ccc(CNC(=O)c2cnc3c(c2)CN(Cc2ccc4c(c2)OC(F)(F)O4)S3(C)C)nc1. The van der Waals surface area contributed by atoms with Gasteiger partial charge in [0.1, 0.15) is 0 Å². The molecule has 0 saturated heterocycles. The van der Waals surface area contributed by atoms with Gasteiger partial charge in [0.2, 0.25) is 0 Å². The van der Waals surface area contributed by atoms with Crippen LogP contribution in [-0.2, 0) is 19.6 Å². The number of nitrogens with zero attached hydrogens (tertiary/aromatic N) is 3. The van der Waals surface area contributed by atoms with Crippen LogP contribution in [0.25, 0.3) is 0 Å². The first-order chi connectivity index (χ1) is 17.1. The van der Waals surface area contributed by atoms with E-state index in [0.717, 1.165) is 32.5 Å². The highest BCUT2D eigenvalue weighted by atomic mass is 32.3.